The van der Waals surface area contributed by atoms with E-state index in [1.807, 2.05) is 13.0 Å². The molecule has 1 saturated carbocycles. The lowest BCUT2D eigenvalue weighted by atomic mass is 9.61. The molecular formula is C22H26N2O3. The highest BCUT2D eigenvalue weighted by atomic mass is 16.3. The number of ketones is 1. The van der Waals surface area contributed by atoms with Crippen LogP contribution in [0.15, 0.2) is 24.4 Å². The van der Waals surface area contributed by atoms with Gasteiger partial charge in [0, 0.05) is 23.2 Å². The quantitative estimate of drug-likeness (QED) is 0.771. The smallest absolute Gasteiger partial charge is 0.173 e. The van der Waals surface area contributed by atoms with Crippen molar-refractivity contribution in [2.75, 3.05) is 11.4 Å². The predicted octanol–water partition coefficient (Wildman–Crippen LogP) is 4.60. The van der Waals surface area contributed by atoms with Crippen molar-refractivity contribution in [1.29, 1.82) is 0 Å². The number of carbonyl (C=O) groups excluding carboxylic acids is 1. The second-order valence-electron chi connectivity index (χ2n) is 8.97. The van der Waals surface area contributed by atoms with E-state index >= 15 is 0 Å². The van der Waals surface area contributed by atoms with E-state index in [0.717, 1.165) is 30.5 Å². The lowest BCUT2D eigenvalue weighted by Crippen LogP contribution is -2.51. The monoisotopic (exact) mass is 366 g/mol. The third-order valence-corrected chi connectivity index (χ3v) is 6.11. The first kappa shape index (κ1) is 17.8. The van der Waals surface area contributed by atoms with Gasteiger partial charge in [-0.05, 0) is 43.4 Å². The van der Waals surface area contributed by atoms with Crippen molar-refractivity contribution in [3.05, 3.63) is 41.1 Å². The van der Waals surface area contributed by atoms with Gasteiger partial charge in [-0.2, -0.15) is 0 Å². The molecular weight excluding hydrogens is 340 g/mol. The summed E-state index contributed by atoms with van der Waals surface area (Å²) in [6.45, 7) is 8.57. The van der Waals surface area contributed by atoms with E-state index in [1.165, 1.54) is 6.20 Å². The summed E-state index contributed by atoms with van der Waals surface area (Å²) < 4.78 is 0. The lowest BCUT2D eigenvalue weighted by molar-refractivity contribution is 0.0618. The Balaban J connectivity index is 1.97. The van der Waals surface area contributed by atoms with Crippen LogP contribution in [0, 0.1) is 12.3 Å². The molecule has 1 aliphatic heterocycles. The van der Waals surface area contributed by atoms with E-state index in [2.05, 4.69) is 30.7 Å². The standard InChI is InChI=1S/C22H26N2O3/c1-13-18-16(10-15(19(13)26)21(2,3)4)24(17-7-6-14(25)11-23-17)12-22(20(18)27)8-5-9-22/h6-7,10-11,25-26H,5,8-9,12H2,1-4H3. The highest BCUT2D eigenvalue weighted by Crippen LogP contribution is 2.53. The van der Waals surface area contributed by atoms with Gasteiger partial charge in [-0.15, -0.1) is 0 Å². The maximum atomic E-state index is 13.4. The molecule has 1 aromatic heterocycles. The zero-order chi connectivity index (χ0) is 19.6. The number of carbonyl (C=O) groups is 1. The van der Waals surface area contributed by atoms with Crippen molar-refractivity contribution in [1.82, 2.24) is 4.98 Å². The number of nitrogens with zero attached hydrogens (tertiary/aromatic N) is 2. The van der Waals surface area contributed by atoms with Gasteiger partial charge in [-0.1, -0.05) is 27.2 Å². The summed E-state index contributed by atoms with van der Waals surface area (Å²) in [6.07, 6.45) is 4.20. The topological polar surface area (TPSA) is 73.7 Å². The van der Waals surface area contributed by atoms with Crippen molar-refractivity contribution in [2.24, 2.45) is 5.41 Å². The zero-order valence-electron chi connectivity index (χ0n) is 16.3. The van der Waals surface area contributed by atoms with Crippen LogP contribution in [0.5, 0.6) is 11.5 Å². The van der Waals surface area contributed by atoms with E-state index in [4.69, 9.17) is 0 Å². The normalized spacial score (nSPS) is 18.4. The van der Waals surface area contributed by atoms with Crippen LogP contribution < -0.4 is 4.90 Å². The van der Waals surface area contributed by atoms with Crippen LogP contribution in [0.2, 0.25) is 0 Å². The fourth-order valence-electron chi connectivity index (χ4n) is 4.32. The number of fused-ring (bicyclic) bond motifs is 1. The Morgan fingerprint density at radius 1 is 1.19 bits per heavy atom. The summed E-state index contributed by atoms with van der Waals surface area (Å²) in [5.41, 5.74) is 2.23. The largest absolute Gasteiger partial charge is 0.507 e. The Hall–Kier alpha value is -2.56. The molecule has 2 aliphatic rings. The third kappa shape index (κ3) is 2.59. The molecule has 1 fully saturated rings. The van der Waals surface area contributed by atoms with Crippen LogP contribution in [-0.4, -0.2) is 27.5 Å². The van der Waals surface area contributed by atoms with Crippen molar-refractivity contribution in [3.63, 3.8) is 0 Å². The number of phenols is 1. The average molecular weight is 366 g/mol. The van der Waals surface area contributed by atoms with Crippen molar-refractivity contribution < 1.29 is 15.0 Å². The molecule has 0 unspecified atom stereocenters. The number of pyridine rings is 1. The number of aromatic nitrogens is 1. The summed E-state index contributed by atoms with van der Waals surface area (Å²) in [5, 5.41) is 20.5. The zero-order valence-corrected chi connectivity index (χ0v) is 16.3. The Labute approximate surface area is 159 Å². The minimum atomic E-state index is -0.396. The summed E-state index contributed by atoms with van der Waals surface area (Å²) in [6, 6.07) is 5.33. The van der Waals surface area contributed by atoms with Gasteiger partial charge < -0.3 is 15.1 Å². The van der Waals surface area contributed by atoms with Gasteiger partial charge in [0.15, 0.2) is 5.78 Å². The molecule has 4 rings (SSSR count). The summed E-state index contributed by atoms with van der Waals surface area (Å²) >= 11 is 0. The van der Waals surface area contributed by atoms with Crippen LogP contribution in [0.3, 0.4) is 0 Å². The molecule has 1 aliphatic carbocycles. The number of Topliss-reactive ketones (excluding diaryl/α,β-unsaturated/α-hetero) is 1. The van der Waals surface area contributed by atoms with Crippen molar-refractivity contribution in [3.8, 4) is 11.5 Å². The van der Waals surface area contributed by atoms with Crippen LogP contribution in [-0.2, 0) is 5.41 Å². The predicted molar refractivity (Wildman–Crippen MR) is 105 cm³/mol. The molecule has 0 amide bonds. The Morgan fingerprint density at radius 2 is 1.89 bits per heavy atom. The molecule has 5 nitrogen and oxygen atoms in total. The molecule has 2 N–H and O–H groups in total. The minimum Gasteiger partial charge on any atom is -0.507 e. The fourth-order valence-corrected chi connectivity index (χ4v) is 4.32. The van der Waals surface area contributed by atoms with Gasteiger partial charge in [0.1, 0.15) is 17.3 Å². The highest BCUT2D eigenvalue weighted by molar-refractivity contribution is 6.10. The first-order chi connectivity index (χ1) is 12.6. The SMILES string of the molecule is Cc1c(O)c(C(C)(C)C)cc2c1C(=O)C1(CCC1)CN2c1ccc(O)cn1. The van der Waals surface area contributed by atoms with E-state index in [-0.39, 0.29) is 22.7 Å². The number of rotatable bonds is 1. The first-order valence-electron chi connectivity index (χ1n) is 9.48. The van der Waals surface area contributed by atoms with E-state index in [0.29, 0.717) is 23.5 Å². The first-order valence-corrected chi connectivity index (χ1v) is 9.48. The molecule has 2 aromatic rings. The van der Waals surface area contributed by atoms with Gasteiger partial charge in [0.25, 0.3) is 0 Å². The number of hydrogen-bond donors (Lipinski definition) is 2. The Kier molecular flexibility index (Phi) is 3.78. The van der Waals surface area contributed by atoms with Crippen molar-refractivity contribution >= 4 is 17.3 Å². The maximum Gasteiger partial charge on any atom is 0.173 e. The van der Waals surface area contributed by atoms with Crippen LogP contribution in [0.25, 0.3) is 0 Å². The van der Waals surface area contributed by atoms with Gasteiger partial charge in [-0.3, -0.25) is 4.79 Å². The number of aromatic hydroxyl groups is 2. The van der Waals surface area contributed by atoms with E-state index in [1.54, 1.807) is 12.1 Å². The van der Waals surface area contributed by atoms with Crippen LogP contribution in [0.1, 0.15) is 61.5 Å². The number of benzene rings is 1. The van der Waals surface area contributed by atoms with Gasteiger partial charge in [0.2, 0.25) is 0 Å². The minimum absolute atomic E-state index is 0.114. The third-order valence-electron chi connectivity index (χ3n) is 6.11. The van der Waals surface area contributed by atoms with E-state index < -0.39 is 5.41 Å². The van der Waals surface area contributed by atoms with Crippen LogP contribution in [0.4, 0.5) is 11.5 Å². The molecule has 2 heterocycles. The van der Waals surface area contributed by atoms with Gasteiger partial charge >= 0.3 is 0 Å². The molecule has 142 valence electrons. The molecule has 5 heteroatoms. The Bertz CT molecular complexity index is 922. The Morgan fingerprint density at radius 3 is 2.41 bits per heavy atom. The molecule has 0 radical (unpaired) electrons. The second-order valence-corrected chi connectivity index (χ2v) is 8.97. The molecule has 0 atom stereocenters. The number of hydrogen-bond acceptors (Lipinski definition) is 5. The molecule has 27 heavy (non-hydrogen) atoms. The number of anilines is 2. The summed E-state index contributed by atoms with van der Waals surface area (Å²) in [4.78, 5) is 19.9. The molecule has 0 bridgehead atoms. The van der Waals surface area contributed by atoms with Crippen LogP contribution >= 0.6 is 0 Å². The maximum absolute atomic E-state index is 13.4. The molecule has 1 aromatic carbocycles. The van der Waals surface area contributed by atoms with Crippen molar-refractivity contribution in [2.45, 2.75) is 52.4 Å². The fraction of sp³-hybridized carbons (Fsp3) is 0.455. The van der Waals surface area contributed by atoms with E-state index in [9.17, 15) is 15.0 Å². The second kappa shape index (κ2) is 5.72. The molecule has 0 saturated heterocycles. The summed E-state index contributed by atoms with van der Waals surface area (Å²) in [5.74, 6) is 1.18. The number of phenolic OH excluding ortho intramolecular Hbond substituents is 1. The highest BCUT2D eigenvalue weighted by Gasteiger charge is 2.51. The van der Waals surface area contributed by atoms with Gasteiger partial charge in [-0.25, -0.2) is 4.98 Å². The van der Waals surface area contributed by atoms with Gasteiger partial charge in [0.05, 0.1) is 17.3 Å². The lowest BCUT2D eigenvalue weighted by Gasteiger charge is -2.48. The summed E-state index contributed by atoms with van der Waals surface area (Å²) in [7, 11) is 0. The average Bonchev–Trinajstić information content (AvgIpc) is 2.56. The molecule has 1 spiro atoms.